The van der Waals surface area contributed by atoms with E-state index in [0.717, 1.165) is 17.8 Å². The van der Waals surface area contributed by atoms with Gasteiger partial charge in [0.2, 0.25) is 0 Å². The zero-order valence-electron chi connectivity index (χ0n) is 19.3. The van der Waals surface area contributed by atoms with Gasteiger partial charge in [-0.15, -0.1) is 5.10 Å². The number of carbonyl (C=O) groups excluding carboxylic acids is 1. The first-order chi connectivity index (χ1) is 17.1. The third kappa shape index (κ3) is 4.32. The normalized spacial score (nSPS) is 18.4. The third-order valence-electron chi connectivity index (χ3n) is 7.22. The zero-order valence-corrected chi connectivity index (χ0v) is 19.3. The molecule has 0 aliphatic heterocycles. The minimum absolute atomic E-state index is 0.298. The Kier molecular flexibility index (Phi) is 5.36. The van der Waals surface area contributed by atoms with Gasteiger partial charge >= 0.3 is 0 Å². The van der Waals surface area contributed by atoms with Gasteiger partial charge in [-0.2, -0.15) is 0 Å². The van der Waals surface area contributed by atoms with Crippen molar-refractivity contribution in [2.75, 3.05) is 16.0 Å². The minimum Gasteiger partial charge on any atom is -0.365 e. The number of imidazole rings is 1. The second-order valence-corrected chi connectivity index (χ2v) is 9.60. The SMILES string of the molecule is O=C(Nc1ccc(F)cc1)c1cnc2c(Nc3ccccc3)cc(NC3CC34CCCCC4)nn12. The summed E-state index contributed by atoms with van der Waals surface area (Å²) in [5, 5.41) is 14.6. The summed E-state index contributed by atoms with van der Waals surface area (Å²) in [7, 11) is 0. The number of fused-ring (bicyclic) bond motifs is 1. The van der Waals surface area contributed by atoms with Crippen LogP contribution in [-0.4, -0.2) is 26.5 Å². The van der Waals surface area contributed by atoms with Crippen LogP contribution < -0.4 is 16.0 Å². The van der Waals surface area contributed by atoms with Gasteiger partial charge in [-0.1, -0.05) is 37.5 Å². The van der Waals surface area contributed by atoms with Gasteiger partial charge in [0.25, 0.3) is 5.91 Å². The molecule has 4 aromatic rings. The van der Waals surface area contributed by atoms with Crippen molar-refractivity contribution in [3.63, 3.8) is 0 Å². The fraction of sp³-hybridized carbons (Fsp3) is 0.296. The highest BCUT2D eigenvalue weighted by atomic mass is 19.1. The molecule has 178 valence electrons. The molecule has 0 bridgehead atoms. The Morgan fingerprint density at radius 1 is 1.00 bits per heavy atom. The van der Waals surface area contributed by atoms with Crippen LogP contribution >= 0.6 is 0 Å². The molecule has 0 saturated heterocycles. The van der Waals surface area contributed by atoms with Crippen molar-refractivity contribution in [2.24, 2.45) is 5.41 Å². The summed E-state index contributed by atoms with van der Waals surface area (Å²) in [6, 6.07) is 17.9. The summed E-state index contributed by atoms with van der Waals surface area (Å²) in [6.07, 6.45) is 9.11. The smallest absolute Gasteiger partial charge is 0.276 e. The number of hydrogen-bond donors (Lipinski definition) is 3. The summed E-state index contributed by atoms with van der Waals surface area (Å²) in [5.41, 5.74) is 3.41. The maximum absolute atomic E-state index is 13.3. The first kappa shape index (κ1) is 21.6. The van der Waals surface area contributed by atoms with E-state index in [-0.39, 0.29) is 11.7 Å². The Morgan fingerprint density at radius 2 is 1.77 bits per heavy atom. The fourth-order valence-corrected chi connectivity index (χ4v) is 5.23. The maximum Gasteiger partial charge on any atom is 0.276 e. The molecule has 1 unspecified atom stereocenters. The molecule has 2 saturated carbocycles. The molecule has 1 atom stereocenters. The van der Waals surface area contributed by atoms with Crippen molar-refractivity contribution in [2.45, 2.75) is 44.6 Å². The molecule has 6 rings (SSSR count). The molecule has 3 N–H and O–H groups in total. The Morgan fingerprint density at radius 3 is 2.54 bits per heavy atom. The summed E-state index contributed by atoms with van der Waals surface area (Å²) in [4.78, 5) is 17.6. The highest BCUT2D eigenvalue weighted by Gasteiger charge is 2.54. The monoisotopic (exact) mass is 470 g/mol. The van der Waals surface area contributed by atoms with E-state index in [4.69, 9.17) is 5.10 Å². The largest absolute Gasteiger partial charge is 0.365 e. The number of para-hydroxylation sites is 1. The number of anilines is 4. The highest BCUT2D eigenvalue weighted by molar-refractivity contribution is 6.03. The second kappa shape index (κ2) is 8.69. The number of nitrogens with zero attached hydrogens (tertiary/aromatic N) is 3. The van der Waals surface area contributed by atoms with E-state index < -0.39 is 0 Å². The Hall–Kier alpha value is -3.94. The number of nitrogens with one attached hydrogen (secondary N) is 3. The highest BCUT2D eigenvalue weighted by Crippen LogP contribution is 2.57. The van der Waals surface area contributed by atoms with Crippen LogP contribution in [0.5, 0.6) is 0 Å². The number of benzene rings is 2. The van der Waals surface area contributed by atoms with Gasteiger partial charge < -0.3 is 16.0 Å². The lowest BCUT2D eigenvalue weighted by molar-refractivity contribution is 0.102. The fourth-order valence-electron chi connectivity index (χ4n) is 5.23. The lowest BCUT2D eigenvalue weighted by Crippen LogP contribution is -2.19. The van der Waals surface area contributed by atoms with Gasteiger partial charge in [-0.3, -0.25) is 4.79 Å². The number of aromatic nitrogens is 3. The van der Waals surface area contributed by atoms with Crippen molar-refractivity contribution in [3.8, 4) is 0 Å². The Balaban J connectivity index is 1.33. The zero-order chi connectivity index (χ0) is 23.8. The molecule has 8 heteroatoms. The number of halogens is 1. The Bertz CT molecular complexity index is 1360. The van der Waals surface area contributed by atoms with E-state index in [0.29, 0.717) is 34.3 Å². The molecule has 1 spiro atoms. The molecular formula is C27H27FN6O. The van der Waals surface area contributed by atoms with Crippen LogP contribution in [0.2, 0.25) is 0 Å². The standard InChI is InChI=1S/C27H27FN6O/c28-18-9-11-20(12-10-18)31-26(35)22-17-29-25-21(30-19-7-3-1-4-8-19)15-24(33-34(22)25)32-23-16-27(23)13-5-2-6-14-27/h1,3-4,7-12,15,17,23,30H,2,5-6,13-14,16H2,(H,31,35)(H,32,33). The summed E-state index contributed by atoms with van der Waals surface area (Å²) >= 11 is 0. The molecule has 2 fully saturated rings. The van der Waals surface area contributed by atoms with Crippen LogP contribution in [0.3, 0.4) is 0 Å². The summed E-state index contributed by atoms with van der Waals surface area (Å²) in [6.45, 7) is 0. The number of hydrogen-bond acceptors (Lipinski definition) is 5. The van der Waals surface area contributed by atoms with Gasteiger partial charge in [-0.25, -0.2) is 13.9 Å². The van der Waals surface area contributed by atoms with Crippen LogP contribution in [0, 0.1) is 11.2 Å². The molecule has 2 aromatic heterocycles. The van der Waals surface area contributed by atoms with Crippen molar-refractivity contribution in [1.29, 1.82) is 0 Å². The van der Waals surface area contributed by atoms with Crippen LogP contribution in [0.4, 0.5) is 27.3 Å². The molecule has 0 radical (unpaired) electrons. The van der Waals surface area contributed by atoms with Crippen LogP contribution in [0.1, 0.15) is 49.0 Å². The number of amides is 1. The van der Waals surface area contributed by atoms with Gasteiger partial charge in [0.1, 0.15) is 11.6 Å². The topological polar surface area (TPSA) is 83.3 Å². The van der Waals surface area contributed by atoms with Crippen molar-refractivity contribution in [3.05, 3.63) is 78.4 Å². The molecule has 35 heavy (non-hydrogen) atoms. The van der Waals surface area contributed by atoms with Crippen LogP contribution in [-0.2, 0) is 0 Å². The van der Waals surface area contributed by atoms with Gasteiger partial charge in [-0.05, 0) is 61.1 Å². The first-order valence-corrected chi connectivity index (χ1v) is 12.1. The van der Waals surface area contributed by atoms with Gasteiger partial charge in [0, 0.05) is 23.5 Å². The first-order valence-electron chi connectivity index (χ1n) is 12.1. The van der Waals surface area contributed by atoms with E-state index in [2.05, 4.69) is 20.9 Å². The molecule has 2 aromatic carbocycles. The molecule has 2 aliphatic carbocycles. The van der Waals surface area contributed by atoms with Crippen molar-refractivity contribution >= 4 is 34.4 Å². The van der Waals surface area contributed by atoms with E-state index in [9.17, 15) is 9.18 Å². The molecule has 7 nitrogen and oxygen atoms in total. The average Bonchev–Trinajstić information content (AvgIpc) is 3.31. The van der Waals surface area contributed by atoms with E-state index in [1.165, 1.54) is 62.6 Å². The van der Waals surface area contributed by atoms with E-state index in [1.54, 1.807) is 4.52 Å². The third-order valence-corrected chi connectivity index (χ3v) is 7.22. The van der Waals surface area contributed by atoms with Crippen molar-refractivity contribution in [1.82, 2.24) is 14.6 Å². The second-order valence-electron chi connectivity index (χ2n) is 9.60. The number of carbonyl (C=O) groups is 1. The predicted octanol–water partition coefficient (Wildman–Crippen LogP) is 6.00. The molecular weight excluding hydrogens is 443 g/mol. The minimum atomic E-state index is -0.366. The van der Waals surface area contributed by atoms with Gasteiger partial charge in [0.15, 0.2) is 11.3 Å². The average molecular weight is 471 g/mol. The van der Waals surface area contributed by atoms with Crippen LogP contribution in [0.15, 0.2) is 66.9 Å². The summed E-state index contributed by atoms with van der Waals surface area (Å²) < 4.78 is 14.8. The summed E-state index contributed by atoms with van der Waals surface area (Å²) in [5.74, 6) is -0.0190. The molecule has 2 heterocycles. The van der Waals surface area contributed by atoms with E-state index >= 15 is 0 Å². The van der Waals surface area contributed by atoms with Gasteiger partial charge in [0.05, 0.1) is 11.9 Å². The number of rotatable bonds is 6. The molecule has 1 amide bonds. The quantitative estimate of drug-likeness (QED) is 0.322. The molecule has 2 aliphatic rings. The maximum atomic E-state index is 13.3. The lowest BCUT2D eigenvalue weighted by Gasteiger charge is -2.22. The van der Waals surface area contributed by atoms with E-state index in [1.807, 2.05) is 36.4 Å². The Labute approximate surface area is 202 Å². The van der Waals surface area contributed by atoms with Crippen LogP contribution in [0.25, 0.3) is 5.65 Å². The van der Waals surface area contributed by atoms with Crippen molar-refractivity contribution < 1.29 is 9.18 Å². The predicted molar refractivity (Wildman–Crippen MR) is 135 cm³/mol. The lowest BCUT2D eigenvalue weighted by atomic mass is 9.86.